The maximum Gasteiger partial charge on any atom is 0.224 e. The molecule has 1 saturated carbocycles. The molecule has 142 valence electrons. The van der Waals surface area contributed by atoms with Crippen molar-refractivity contribution in [1.29, 1.82) is 0 Å². The molecule has 1 heterocycles. The molecule has 1 aromatic heterocycles. The van der Waals surface area contributed by atoms with E-state index in [0.29, 0.717) is 29.7 Å². The van der Waals surface area contributed by atoms with Crippen LogP contribution in [0.3, 0.4) is 0 Å². The molecule has 2 N–H and O–H groups in total. The number of methoxy groups -OCH3 is 3. The Morgan fingerprint density at radius 3 is 2.38 bits per heavy atom. The van der Waals surface area contributed by atoms with Gasteiger partial charge in [0.1, 0.15) is 0 Å². The van der Waals surface area contributed by atoms with E-state index in [1.54, 1.807) is 21.3 Å². The van der Waals surface area contributed by atoms with Crippen LogP contribution in [0, 0.1) is 0 Å². The minimum Gasteiger partial charge on any atom is -0.493 e. The number of H-pyrrole nitrogens is 1. The van der Waals surface area contributed by atoms with Crippen molar-refractivity contribution >= 4 is 16.8 Å². The second kappa shape index (κ2) is 8.34. The maximum atomic E-state index is 12.6. The number of hydrogen-bond donors (Lipinski definition) is 2. The van der Waals surface area contributed by atoms with Crippen molar-refractivity contribution in [3.63, 3.8) is 0 Å². The van der Waals surface area contributed by atoms with E-state index in [1.807, 2.05) is 12.3 Å². The number of rotatable bonds is 6. The average Bonchev–Trinajstić information content (AvgIpc) is 2.86. The Labute approximate surface area is 154 Å². The zero-order chi connectivity index (χ0) is 18.5. The third kappa shape index (κ3) is 3.74. The number of carbonyl (C=O) groups is 1. The van der Waals surface area contributed by atoms with E-state index < -0.39 is 0 Å². The van der Waals surface area contributed by atoms with Crippen LogP contribution in [0.15, 0.2) is 12.3 Å². The zero-order valence-corrected chi connectivity index (χ0v) is 15.8. The van der Waals surface area contributed by atoms with Crippen LogP contribution in [0.1, 0.15) is 44.1 Å². The summed E-state index contributed by atoms with van der Waals surface area (Å²) in [7, 11) is 4.77. The fourth-order valence-corrected chi connectivity index (χ4v) is 3.84. The van der Waals surface area contributed by atoms with Gasteiger partial charge in [0, 0.05) is 23.7 Å². The smallest absolute Gasteiger partial charge is 0.224 e. The maximum absolute atomic E-state index is 12.6. The van der Waals surface area contributed by atoms with Crippen molar-refractivity contribution in [2.75, 3.05) is 21.3 Å². The number of aromatic nitrogens is 1. The van der Waals surface area contributed by atoms with Crippen molar-refractivity contribution in [2.45, 2.75) is 51.0 Å². The molecule has 6 heteroatoms. The van der Waals surface area contributed by atoms with Crippen LogP contribution in [-0.4, -0.2) is 38.3 Å². The Bertz CT molecular complexity index is 761. The Balaban J connectivity index is 1.84. The molecule has 26 heavy (non-hydrogen) atoms. The summed E-state index contributed by atoms with van der Waals surface area (Å²) in [4.78, 5) is 15.8. The fraction of sp³-hybridized carbons (Fsp3) is 0.550. The molecule has 1 amide bonds. The fourth-order valence-electron chi connectivity index (χ4n) is 3.84. The average molecular weight is 360 g/mol. The first-order valence-corrected chi connectivity index (χ1v) is 9.26. The monoisotopic (exact) mass is 360 g/mol. The number of ether oxygens (including phenoxy) is 3. The lowest BCUT2D eigenvalue weighted by Gasteiger charge is -2.16. The van der Waals surface area contributed by atoms with E-state index in [1.165, 1.54) is 25.7 Å². The molecule has 6 nitrogen and oxygen atoms in total. The van der Waals surface area contributed by atoms with Gasteiger partial charge in [-0.05, 0) is 18.4 Å². The second-order valence-electron chi connectivity index (χ2n) is 6.81. The highest BCUT2D eigenvalue weighted by Crippen LogP contribution is 2.44. The highest BCUT2D eigenvalue weighted by atomic mass is 16.5. The van der Waals surface area contributed by atoms with E-state index >= 15 is 0 Å². The van der Waals surface area contributed by atoms with Gasteiger partial charge in [-0.3, -0.25) is 4.79 Å². The standard InChI is InChI=1S/C20H28N2O4/c1-24-16-11-15-18(20(26-3)19(16)25-2)13(12-21-15)10-17(23)22-14-8-6-4-5-7-9-14/h11-12,14,21H,4-10H2,1-3H3,(H,22,23). The van der Waals surface area contributed by atoms with Crippen molar-refractivity contribution in [1.82, 2.24) is 10.3 Å². The number of aromatic amines is 1. The summed E-state index contributed by atoms with van der Waals surface area (Å²) in [6.45, 7) is 0. The molecule has 0 bridgehead atoms. The summed E-state index contributed by atoms with van der Waals surface area (Å²) in [5, 5.41) is 4.06. The molecule has 0 spiro atoms. The number of nitrogens with one attached hydrogen (secondary N) is 2. The summed E-state index contributed by atoms with van der Waals surface area (Å²) in [6.07, 6.45) is 9.26. The number of amides is 1. The van der Waals surface area contributed by atoms with Gasteiger partial charge in [0.25, 0.3) is 0 Å². The lowest BCUT2D eigenvalue weighted by Crippen LogP contribution is -2.35. The summed E-state index contributed by atoms with van der Waals surface area (Å²) in [5.74, 6) is 1.76. The van der Waals surface area contributed by atoms with E-state index in [9.17, 15) is 4.79 Å². The molecule has 0 saturated heterocycles. The third-order valence-electron chi connectivity index (χ3n) is 5.12. The molecule has 1 aliphatic carbocycles. The molecular formula is C20H28N2O4. The van der Waals surface area contributed by atoms with E-state index in [-0.39, 0.29) is 5.91 Å². The van der Waals surface area contributed by atoms with Gasteiger partial charge < -0.3 is 24.5 Å². The molecule has 0 aliphatic heterocycles. The zero-order valence-electron chi connectivity index (χ0n) is 15.8. The van der Waals surface area contributed by atoms with Gasteiger partial charge in [0.15, 0.2) is 11.5 Å². The topological polar surface area (TPSA) is 72.6 Å². The number of carbonyl (C=O) groups excluding carboxylic acids is 1. The van der Waals surface area contributed by atoms with Crippen LogP contribution >= 0.6 is 0 Å². The van der Waals surface area contributed by atoms with Gasteiger partial charge >= 0.3 is 0 Å². The Morgan fingerprint density at radius 2 is 1.77 bits per heavy atom. The van der Waals surface area contributed by atoms with Crippen LogP contribution in [-0.2, 0) is 11.2 Å². The van der Waals surface area contributed by atoms with Crippen LogP contribution < -0.4 is 19.5 Å². The van der Waals surface area contributed by atoms with Crippen molar-refractivity contribution in [3.05, 3.63) is 17.8 Å². The predicted molar refractivity (Wildman–Crippen MR) is 101 cm³/mol. The van der Waals surface area contributed by atoms with Gasteiger partial charge in [-0.15, -0.1) is 0 Å². The van der Waals surface area contributed by atoms with E-state index in [4.69, 9.17) is 14.2 Å². The largest absolute Gasteiger partial charge is 0.493 e. The van der Waals surface area contributed by atoms with Gasteiger partial charge in [-0.25, -0.2) is 0 Å². The Kier molecular flexibility index (Phi) is 5.91. The predicted octanol–water partition coefficient (Wildman–Crippen LogP) is 3.58. The van der Waals surface area contributed by atoms with Gasteiger partial charge in [-0.1, -0.05) is 25.7 Å². The normalized spacial score (nSPS) is 15.5. The molecule has 0 unspecified atom stereocenters. The lowest BCUT2D eigenvalue weighted by molar-refractivity contribution is -0.121. The van der Waals surface area contributed by atoms with Crippen molar-refractivity contribution < 1.29 is 19.0 Å². The Morgan fingerprint density at radius 1 is 1.08 bits per heavy atom. The quantitative estimate of drug-likeness (QED) is 0.773. The van der Waals surface area contributed by atoms with Crippen molar-refractivity contribution in [3.8, 4) is 17.2 Å². The summed E-state index contributed by atoms with van der Waals surface area (Å²) in [5.41, 5.74) is 1.75. The first kappa shape index (κ1) is 18.4. The molecule has 3 rings (SSSR count). The SMILES string of the molecule is COc1cc2[nH]cc(CC(=O)NC3CCCCCC3)c2c(OC)c1OC. The lowest BCUT2D eigenvalue weighted by atomic mass is 10.1. The molecule has 0 radical (unpaired) electrons. The van der Waals surface area contributed by atoms with E-state index in [2.05, 4.69) is 10.3 Å². The third-order valence-corrected chi connectivity index (χ3v) is 5.12. The summed E-state index contributed by atoms with van der Waals surface area (Å²) in [6, 6.07) is 2.16. The van der Waals surface area contributed by atoms with Crippen LogP contribution in [0.5, 0.6) is 17.2 Å². The number of hydrogen-bond acceptors (Lipinski definition) is 4. The number of fused-ring (bicyclic) bond motifs is 1. The summed E-state index contributed by atoms with van der Waals surface area (Å²) >= 11 is 0. The molecule has 1 aromatic carbocycles. The van der Waals surface area contributed by atoms with Gasteiger partial charge in [-0.2, -0.15) is 0 Å². The van der Waals surface area contributed by atoms with Crippen LogP contribution in [0.4, 0.5) is 0 Å². The van der Waals surface area contributed by atoms with Crippen molar-refractivity contribution in [2.24, 2.45) is 0 Å². The van der Waals surface area contributed by atoms with Gasteiger partial charge in [0.05, 0.1) is 33.3 Å². The Hall–Kier alpha value is -2.37. The highest BCUT2D eigenvalue weighted by Gasteiger charge is 2.22. The highest BCUT2D eigenvalue weighted by molar-refractivity contribution is 5.96. The minimum absolute atomic E-state index is 0.0506. The van der Waals surface area contributed by atoms with E-state index in [0.717, 1.165) is 29.3 Å². The number of benzene rings is 1. The summed E-state index contributed by atoms with van der Waals surface area (Å²) < 4.78 is 16.4. The molecule has 1 aliphatic rings. The first-order valence-electron chi connectivity index (χ1n) is 9.26. The minimum atomic E-state index is 0.0506. The molecule has 2 aromatic rings. The molecule has 1 fully saturated rings. The van der Waals surface area contributed by atoms with Crippen LogP contribution in [0.25, 0.3) is 10.9 Å². The molecule has 0 atom stereocenters. The first-order chi connectivity index (χ1) is 12.7. The van der Waals surface area contributed by atoms with Crippen LogP contribution in [0.2, 0.25) is 0 Å². The second-order valence-corrected chi connectivity index (χ2v) is 6.81. The van der Waals surface area contributed by atoms with Gasteiger partial charge in [0.2, 0.25) is 11.7 Å². The molecular weight excluding hydrogens is 332 g/mol.